The molecule has 0 amide bonds. The number of benzene rings is 2. The molecule has 0 spiro atoms. The van der Waals surface area contributed by atoms with Crippen LogP contribution in [0.15, 0.2) is 42.7 Å². The molecule has 0 aliphatic carbocycles. The van der Waals surface area contributed by atoms with E-state index >= 15 is 0 Å². The summed E-state index contributed by atoms with van der Waals surface area (Å²) in [5.41, 5.74) is 6.01. The average molecular weight is 641 g/mol. The number of carbonyl (C=O) groups is 2. The number of fused-ring (bicyclic) bond motifs is 3. The van der Waals surface area contributed by atoms with E-state index < -0.39 is 23.5 Å². The van der Waals surface area contributed by atoms with E-state index in [1.807, 2.05) is 46.1 Å². The number of aliphatic carboxylic acids is 2. The van der Waals surface area contributed by atoms with Crippen molar-refractivity contribution in [3.8, 4) is 0 Å². The first-order valence-corrected chi connectivity index (χ1v) is 15.3. The predicted octanol–water partition coefficient (Wildman–Crippen LogP) is 5.83. The number of nitrogens with zero attached hydrogens (tertiary/aromatic N) is 6. The molecule has 4 heterocycles. The van der Waals surface area contributed by atoms with Crippen LogP contribution in [0.4, 0.5) is 13.2 Å². The van der Waals surface area contributed by atoms with Crippen LogP contribution in [0.25, 0.3) is 11.0 Å². The van der Waals surface area contributed by atoms with E-state index in [1.54, 1.807) is 4.68 Å². The summed E-state index contributed by atoms with van der Waals surface area (Å²) in [7, 11) is 1.87. The summed E-state index contributed by atoms with van der Waals surface area (Å²) in [6.07, 6.45) is 4.15. The largest absolute Gasteiger partial charge is 0.490 e. The summed E-state index contributed by atoms with van der Waals surface area (Å²) in [5, 5.41) is 26.0. The lowest BCUT2D eigenvalue weighted by atomic mass is 9.69. The fourth-order valence-electron chi connectivity index (χ4n) is 6.97. The monoisotopic (exact) mass is 640 g/mol. The predicted molar refractivity (Wildman–Crippen MR) is 164 cm³/mol. The number of hydrogen-bond acceptors (Lipinski definition) is 6. The number of carboxylic acid groups (broad SMARTS) is 2. The highest BCUT2D eigenvalue weighted by Crippen LogP contribution is 2.44. The fourth-order valence-corrected chi connectivity index (χ4v) is 6.97. The average Bonchev–Trinajstić information content (AvgIpc) is 3.78. The second-order valence-electron chi connectivity index (χ2n) is 12.9. The van der Waals surface area contributed by atoms with Gasteiger partial charge in [0.1, 0.15) is 11.3 Å². The lowest BCUT2D eigenvalue weighted by Gasteiger charge is -2.33. The molecule has 1 atom stereocenters. The van der Waals surface area contributed by atoms with Crippen LogP contribution < -0.4 is 0 Å². The number of hydrogen-bond donors (Lipinski definition) is 2. The van der Waals surface area contributed by atoms with Gasteiger partial charge in [-0.25, -0.2) is 14.5 Å². The zero-order valence-corrected chi connectivity index (χ0v) is 26.5. The van der Waals surface area contributed by atoms with Gasteiger partial charge in [0.2, 0.25) is 0 Å². The quantitative estimate of drug-likeness (QED) is 0.246. The molecule has 2 aromatic carbocycles. The molecule has 2 N–H and O–H groups in total. The molecular weight excluding hydrogens is 601 g/mol. The van der Waals surface area contributed by atoms with Gasteiger partial charge in [-0.15, -0.1) is 5.10 Å². The second-order valence-corrected chi connectivity index (χ2v) is 12.9. The maximum atomic E-state index is 12.6. The van der Waals surface area contributed by atoms with Gasteiger partial charge >= 0.3 is 18.1 Å². The van der Waals surface area contributed by atoms with Crippen LogP contribution in [-0.4, -0.2) is 69.9 Å². The molecular formula is C33H39F3N6O4. The van der Waals surface area contributed by atoms with Gasteiger partial charge in [-0.05, 0) is 87.3 Å². The molecule has 2 aliphatic rings. The van der Waals surface area contributed by atoms with Crippen LogP contribution in [0.1, 0.15) is 79.1 Å². The highest BCUT2D eigenvalue weighted by atomic mass is 19.4. The Morgan fingerprint density at radius 3 is 2.20 bits per heavy atom. The van der Waals surface area contributed by atoms with Crippen LogP contribution in [0, 0.1) is 19.3 Å². The lowest BCUT2D eigenvalue weighted by molar-refractivity contribution is -0.192. The molecule has 4 aromatic rings. The van der Waals surface area contributed by atoms with E-state index in [4.69, 9.17) is 14.9 Å². The van der Waals surface area contributed by atoms with Crippen molar-refractivity contribution in [2.24, 2.45) is 12.5 Å². The number of imidazole rings is 1. The Hall–Kier alpha value is -4.26. The molecule has 246 valence electrons. The smallest absolute Gasteiger partial charge is 0.481 e. The molecule has 0 radical (unpaired) electrons. The van der Waals surface area contributed by atoms with Crippen molar-refractivity contribution in [2.45, 2.75) is 90.6 Å². The summed E-state index contributed by atoms with van der Waals surface area (Å²) in [6, 6.07) is 11.9. The van der Waals surface area contributed by atoms with Gasteiger partial charge in [-0.1, -0.05) is 29.5 Å². The zero-order chi connectivity index (χ0) is 33.6. The number of aromatic nitrogens is 5. The zero-order valence-electron chi connectivity index (χ0n) is 26.5. The molecule has 2 aromatic heterocycles. The molecule has 46 heavy (non-hydrogen) atoms. The van der Waals surface area contributed by atoms with E-state index in [0.29, 0.717) is 18.6 Å². The molecule has 1 unspecified atom stereocenters. The maximum Gasteiger partial charge on any atom is 0.490 e. The van der Waals surface area contributed by atoms with Gasteiger partial charge in [-0.2, -0.15) is 13.2 Å². The third-order valence-corrected chi connectivity index (χ3v) is 9.68. The summed E-state index contributed by atoms with van der Waals surface area (Å²) in [5.74, 6) is -2.84. The van der Waals surface area contributed by atoms with E-state index in [1.165, 1.54) is 36.8 Å². The minimum Gasteiger partial charge on any atom is -0.481 e. The van der Waals surface area contributed by atoms with Crippen molar-refractivity contribution in [2.75, 3.05) is 0 Å². The highest BCUT2D eigenvalue weighted by molar-refractivity contribution is 5.81. The number of aryl methyl sites for hydroxylation is 3. The van der Waals surface area contributed by atoms with Gasteiger partial charge in [0, 0.05) is 44.0 Å². The number of halogens is 3. The second kappa shape index (κ2) is 12.5. The van der Waals surface area contributed by atoms with Crippen LogP contribution in [0.3, 0.4) is 0 Å². The van der Waals surface area contributed by atoms with Gasteiger partial charge in [0.25, 0.3) is 0 Å². The van der Waals surface area contributed by atoms with Gasteiger partial charge in [-0.3, -0.25) is 9.69 Å². The van der Waals surface area contributed by atoms with Crippen LogP contribution in [0.2, 0.25) is 0 Å². The summed E-state index contributed by atoms with van der Waals surface area (Å²) >= 11 is 0. The number of alkyl halides is 3. The first-order chi connectivity index (χ1) is 21.6. The third-order valence-electron chi connectivity index (χ3n) is 9.68. The maximum absolute atomic E-state index is 12.6. The fraction of sp³-hybridized carbons (Fsp3) is 0.485. The van der Waals surface area contributed by atoms with Gasteiger partial charge in [0.15, 0.2) is 0 Å². The van der Waals surface area contributed by atoms with Crippen LogP contribution in [0.5, 0.6) is 0 Å². The van der Waals surface area contributed by atoms with Crippen LogP contribution >= 0.6 is 0 Å². The topological polar surface area (TPSA) is 126 Å². The van der Waals surface area contributed by atoms with Crippen molar-refractivity contribution < 1.29 is 33.0 Å². The minimum absolute atomic E-state index is 0.358. The molecule has 10 nitrogen and oxygen atoms in total. The molecule has 6 rings (SSSR count). The standard InChI is InChI=1S/C31H38N6O2.C2HF3O2/c1-19-6-7-21(16-22(19)17-36-15-14-32-27(36)18-37-23-8-9-24(37)11-10-23)28(31(3,4)30(38)39)25-12-13-26-29(20(25)2)33-34-35(26)5;3-2(4,5)1(6)7/h6-7,12-16,23-24,28H,8-11,17-18H2,1-5H3,(H,38,39);(H,6,7). The first-order valence-electron chi connectivity index (χ1n) is 15.3. The molecule has 13 heteroatoms. The van der Waals surface area contributed by atoms with E-state index in [0.717, 1.165) is 40.1 Å². The van der Waals surface area contributed by atoms with Gasteiger partial charge < -0.3 is 14.8 Å². The van der Waals surface area contributed by atoms with Crippen LogP contribution in [-0.2, 0) is 29.7 Å². The molecule has 2 saturated heterocycles. The number of rotatable bonds is 8. The summed E-state index contributed by atoms with van der Waals surface area (Å²) in [4.78, 5) is 28.9. The Labute approximate surface area is 264 Å². The molecule has 0 saturated carbocycles. The summed E-state index contributed by atoms with van der Waals surface area (Å²) in [6.45, 7) is 9.39. The van der Waals surface area contributed by atoms with E-state index in [2.05, 4.69) is 51.1 Å². The molecule has 2 aliphatic heterocycles. The normalized spacial score (nSPS) is 18.9. The highest BCUT2D eigenvalue weighted by Gasteiger charge is 2.41. The Morgan fingerprint density at radius 1 is 0.978 bits per heavy atom. The molecule has 2 fully saturated rings. The first kappa shape index (κ1) is 33.1. The Morgan fingerprint density at radius 2 is 1.61 bits per heavy atom. The lowest BCUT2D eigenvalue weighted by Crippen LogP contribution is -2.32. The van der Waals surface area contributed by atoms with Gasteiger partial charge in [0.05, 0.1) is 17.5 Å². The van der Waals surface area contributed by atoms with E-state index in [-0.39, 0.29) is 5.92 Å². The minimum atomic E-state index is -5.08. The van der Waals surface area contributed by atoms with Crippen molar-refractivity contribution in [1.29, 1.82) is 0 Å². The molecule has 2 bridgehead atoms. The Bertz CT molecular complexity index is 1740. The van der Waals surface area contributed by atoms with Crippen molar-refractivity contribution in [3.63, 3.8) is 0 Å². The SMILES string of the molecule is Cc1ccc(C(c2ccc3c(nnn3C)c2C)C(C)(C)C(=O)O)cc1Cn1ccnc1CN1C2CCC1CC2.O=C(O)C(F)(F)F. The van der Waals surface area contributed by atoms with Crippen molar-refractivity contribution >= 4 is 23.0 Å². The van der Waals surface area contributed by atoms with E-state index in [9.17, 15) is 23.1 Å². The third kappa shape index (κ3) is 6.37. The van der Waals surface area contributed by atoms with Crippen molar-refractivity contribution in [3.05, 3.63) is 76.4 Å². The van der Waals surface area contributed by atoms with Crippen molar-refractivity contribution in [1.82, 2.24) is 29.4 Å². The number of carboxylic acids is 2. The Balaban J connectivity index is 0.000000537. The Kier molecular flexibility index (Phi) is 9.00. The summed E-state index contributed by atoms with van der Waals surface area (Å²) < 4.78 is 35.8.